The van der Waals surface area contributed by atoms with E-state index in [1.54, 1.807) is 0 Å². The van der Waals surface area contributed by atoms with Crippen LogP contribution in [0.15, 0.2) is 18.3 Å². The van der Waals surface area contributed by atoms with Gasteiger partial charge in [-0.05, 0) is 18.7 Å². The zero-order valence-corrected chi connectivity index (χ0v) is 11.1. The molecular formula is C14H19N3O2. The van der Waals surface area contributed by atoms with Gasteiger partial charge in [-0.2, -0.15) is 0 Å². The van der Waals surface area contributed by atoms with Crippen molar-refractivity contribution < 1.29 is 9.53 Å². The molecule has 2 aliphatic rings. The van der Waals surface area contributed by atoms with Gasteiger partial charge >= 0.3 is 0 Å². The Morgan fingerprint density at radius 1 is 1.53 bits per heavy atom. The van der Waals surface area contributed by atoms with Crippen molar-refractivity contribution in [1.29, 1.82) is 0 Å². The van der Waals surface area contributed by atoms with Crippen LogP contribution in [0.1, 0.15) is 11.3 Å². The van der Waals surface area contributed by atoms with E-state index >= 15 is 0 Å². The maximum Gasteiger partial charge on any atom is 0.230 e. The van der Waals surface area contributed by atoms with Crippen molar-refractivity contribution in [3.8, 4) is 0 Å². The number of hydrogen-bond acceptors (Lipinski definition) is 4. The molecule has 0 saturated carbocycles. The summed E-state index contributed by atoms with van der Waals surface area (Å²) in [6, 6.07) is 4.13. The largest absolute Gasteiger partial charge is 0.379 e. The monoisotopic (exact) mass is 261 g/mol. The fourth-order valence-corrected chi connectivity index (χ4v) is 2.87. The number of carbonyl (C=O) groups excluding carboxylic acids is 1. The average Bonchev–Trinajstić information content (AvgIpc) is 2.94. The minimum atomic E-state index is -0.0526. The van der Waals surface area contributed by atoms with Crippen LogP contribution in [-0.2, 0) is 22.5 Å². The zero-order valence-electron chi connectivity index (χ0n) is 11.1. The standard InChI is InChI=1S/C14H19N3O2/c1-15-13-9-19-8-11(13)14(18)17-6-4-12-10(7-17)3-2-5-16-12/h2-3,5,11,13,15H,4,6-9H2,1H3. The van der Waals surface area contributed by atoms with E-state index in [4.69, 9.17) is 4.74 Å². The maximum absolute atomic E-state index is 12.6. The molecular weight excluding hydrogens is 242 g/mol. The molecule has 2 atom stereocenters. The molecule has 1 fully saturated rings. The molecule has 0 radical (unpaired) electrons. The van der Waals surface area contributed by atoms with Crippen molar-refractivity contribution in [2.75, 3.05) is 26.8 Å². The van der Waals surface area contributed by atoms with E-state index in [1.807, 2.05) is 24.2 Å². The quantitative estimate of drug-likeness (QED) is 0.826. The van der Waals surface area contributed by atoms with Crippen LogP contribution in [0.3, 0.4) is 0 Å². The first-order valence-corrected chi connectivity index (χ1v) is 6.76. The second-order valence-electron chi connectivity index (χ2n) is 5.16. The Balaban J connectivity index is 1.72. The first kappa shape index (κ1) is 12.6. The van der Waals surface area contributed by atoms with E-state index in [1.165, 1.54) is 5.56 Å². The lowest BCUT2D eigenvalue weighted by Gasteiger charge is -2.31. The van der Waals surface area contributed by atoms with E-state index in [0.717, 1.165) is 18.7 Å². The summed E-state index contributed by atoms with van der Waals surface area (Å²) < 4.78 is 5.42. The number of pyridine rings is 1. The molecule has 19 heavy (non-hydrogen) atoms. The van der Waals surface area contributed by atoms with Crippen LogP contribution in [0.4, 0.5) is 0 Å². The van der Waals surface area contributed by atoms with Crippen LogP contribution in [0.2, 0.25) is 0 Å². The van der Waals surface area contributed by atoms with Gasteiger partial charge in [-0.15, -0.1) is 0 Å². The highest BCUT2D eigenvalue weighted by Crippen LogP contribution is 2.22. The molecule has 3 rings (SSSR count). The molecule has 5 heteroatoms. The summed E-state index contributed by atoms with van der Waals surface area (Å²) in [5, 5.41) is 3.17. The Bertz CT molecular complexity index is 478. The molecule has 0 bridgehead atoms. The summed E-state index contributed by atoms with van der Waals surface area (Å²) in [6.45, 7) is 2.59. The molecule has 2 unspecified atom stereocenters. The van der Waals surface area contributed by atoms with Crippen LogP contribution >= 0.6 is 0 Å². The summed E-state index contributed by atoms with van der Waals surface area (Å²) >= 11 is 0. The number of nitrogens with zero attached hydrogens (tertiary/aromatic N) is 2. The molecule has 1 N–H and O–H groups in total. The molecule has 0 spiro atoms. The second-order valence-corrected chi connectivity index (χ2v) is 5.16. The highest BCUT2D eigenvalue weighted by molar-refractivity contribution is 5.80. The average molecular weight is 261 g/mol. The summed E-state index contributed by atoms with van der Waals surface area (Å²) in [5.41, 5.74) is 2.29. The molecule has 102 valence electrons. The Morgan fingerprint density at radius 3 is 3.26 bits per heavy atom. The summed E-state index contributed by atoms with van der Waals surface area (Å²) in [6.07, 6.45) is 2.66. The molecule has 3 heterocycles. The minimum absolute atomic E-state index is 0.0526. The highest BCUT2D eigenvalue weighted by Gasteiger charge is 2.36. The first-order chi connectivity index (χ1) is 9.29. The van der Waals surface area contributed by atoms with Gasteiger partial charge in [-0.1, -0.05) is 6.07 Å². The number of carbonyl (C=O) groups is 1. The number of nitrogens with one attached hydrogen (secondary N) is 1. The summed E-state index contributed by atoms with van der Waals surface area (Å²) in [5.74, 6) is 0.148. The van der Waals surface area contributed by atoms with Crippen molar-refractivity contribution in [3.05, 3.63) is 29.6 Å². The Labute approximate surface area is 113 Å². The van der Waals surface area contributed by atoms with E-state index in [9.17, 15) is 4.79 Å². The highest BCUT2D eigenvalue weighted by atomic mass is 16.5. The van der Waals surface area contributed by atoms with E-state index < -0.39 is 0 Å². The van der Waals surface area contributed by atoms with Crippen molar-refractivity contribution >= 4 is 5.91 Å². The van der Waals surface area contributed by atoms with Crippen LogP contribution in [-0.4, -0.2) is 48.6 Å². The Morgan fingerprint density at radius 2 is 2.42 bits per heavy atom. The van der Waals surface area contributed by atoms with Gasteiger partial charge in [-0.25, -0.2) is 0 Å². The topological polar surface area (TPSA) is 54.5 Å². The van der Waals surface area contributed by atoms with Gasteiger partial charge in [0, 0.05) is 37.4 Å². The molecule has 1 aromatic heterocycles. The number of ether oxygens (including phenoxy) is 1. The van der Waals surface area contributed by atoms with Gasteiger partial charge in [0.1, 0.15) is 0 Å². The van der Waals surface area contributed by atoms with Crippen molar-refractivity contribution in [2.24, 2.45) is 5.92 Å². The molecule has 5 nitrogen and oxygen atoms in total. The smallest absolute Gasteiger partial charge is 0.230 e. The van der Waals surface area contributed by atoms with Gasteiger partial charge in [-0.3, -0.25) is 9.78 Å². The molecule has 0 aromatic carbocycles. The number of amides is 1. The van der Waals surface area contributed by atoms with Gasteiger partial charge in [0.05, 0.1) is 19.1 Å². The number of likely N-dealkylation sites (N-methyl/N-ethyl adjacent to an activating group) is 1. The molecule has 1 saturated heterocycles. The van der Waals surface area contributed by atoms with Crippen LogP contribution in [0, 0.1) is 5.92 Å². The number of aromatic nitrogens is 1. The molecule has 0 aliphatic carbocycles. The normalized spacial score (nSPS) is 26.3. The van der Waals surface area contributed by atoms with Crippen LogP contribution in [0.25, 0.3) is 0 Å². The first-order valence-electron chi connectivity index (χ1n) is 6.76. The molecule has 2 aliphatic heterocycles. The third-order valence-corrected chi connectivity index (χ3v) is 4.04. The van der Waals surface area contributed by atoms with Gasteiger partial charge in [0.15, 0.2) is 0 Å². The van der Waals surface area contributed by atoms with Gasteiger partial charge in [0.25, 0.3) is 0 Å². The lowest BCUT2D eigenvalue weighted by atomic mass is 9.99. The summed E-state index contributed by atoms with van der Waals surface area (Å²) in [4.78, 5) is 18.9. The lowest BCUT2D eigenvalue weighted by molar-refractivity contribution is -0.137. The predicted octanol–water partition coefficient (Wildman–Crippen LogP) is 0.201. The van der Waals surface area contributed by atoms with E-state index in [0.29, 0.717) is 19.8 Å². The third-order valence-electron chi connectivity index (χ3n) is 4.04. The second kappa shape index (κ2) is 5.27. The minimum Gasteiger partial charge on any atom is -0.379 e. The molecule has 1 aromatic rings. The molecule has 1 amide bonds. The SMILES string of the molecule is CNC1COCC1C(=O)N1CCc2ncccc2C1. The fourth-order valence-electron chi connectivity index (χ4n) is 2.87. The van der Waals surface area contributed by atoms with Crippen molar-refractivity contribution in [1.82, 2.24) is 15.2 Å². The third kappa shape index (κ3) is 2.35. The number of rotatable bonds is 2. The van der Waals surface area contributed by atoms with Crippen LogP contribution in [0.5, 0.6) is 0 Å². The predicted molar refractivity (Wildman–Crippen MR) is 70.5 cm³/mol. The maximum atomic E-state index is 12.6. The van der Waals surface area contributed by atoms with Crippen molar-refractivity contribution in [2.45, 2.75) is 19.0 Å². The van der Waals surface area contributed by atoms with Gasteiger partial charge in [0.2, 0.25) is 5.91 Å². The van der Waals surface area contributed by atoms with Crippen LogP contribution < -0.4 is 5.32 Å². The van der Waals surface area contributed by atoms with E-state index in [-0.39, 0.29) is 17.9 Å². The Kier molecular flexibility index (Phi) is 3.48. The zero-order chi connectivity index (χ0) is 13.2. The fraction of sp³-hybridized carbons (Fsp3) is 0.571. The number of fused-ring (bicyclic) bond motifs is 1. The van der Waals surface area contributed by atoms with Crippen molar-refractivity contribution in [3.63, 3.8) is 0 Å². The van der Waals surface area contributed by atoms with Gasteiger partial charge < -0.3 is 15.0 Å². The summed E-state index contributed by atoms with van der Waals surface area (Å²) in [7, 11) is 1.88. The Hall–Kier alpha value is -1.46. The lowest BCUT2D eigenvalue weighted by Crippen LogP contribution is -2.46. The number of hydrogen-bond donors (Lipinski definition) is 1. The van der Waals surface area contributed by atoms with E-state index in [2.05, 4.69) is 16.4 Å².